The third-order valence-corrected chi connectivity index (χ3v) is 14.0. The summed E-state index contributed by atoms with van der Waals surface area (Å²) in [6, 6.07) is 17.9. The van der Waals surface area contributed by atoms with E-state index in [0.29, 0.717) is 61.8 Å². The highest BCUT2D eigenvalue weighted by atomic mass is 32.1. The van der Waals surface area contributed by atoms with Crippen molar-refractivity contribution in [1.82, 2.24) is 55.5 Å². The van der Waals surface area contributed by atoms with Crippen molar-refractivity contribution in [3.05, 3.63) is 131 Å². The molecule has 75 heavy (non-hydrogen) atoms. The van der Waals surface area contributed by atoms with Crippen molar-refractivity contribution in [2.45, 2.75) is 117 Å². The lowest BCUT2D eigenvalue weighted by molar-refractivity contribution is -0.144. The molecule has 0 spiro atoms. The predicted octanol–water partition coefficient (Wildman–Crippen LogP) is 6.60. The van der Waals surface area contributed by atoms with E-state index >= 15 is 0 Å². The minimum atomic E-state index is -0.946. The molecule has 1 aliphatic rings. The van der Waals surface area contributed by atoms with Crippen LogP contribution in [0, 0.1) is 24.0 Å². The molecule has 3 aromatic heterocycles. The smallest absolute Gasteiger partial charge is 0.251 e. The van der Waals surface area contributed by atoms with Gasteiger partial charge in [-0.3, -0.25) is 24.0 Å². The summed E-state index contributed by atoms with van der Waals surface area (Å²) >= 11 is 1.56. The lowest BCUT2D eigenvalue weighted by Gasteiger charge is -2.35. The number of carbonyl (C=O) groups is 5. The van der Waals surface area contributed by atoms with Crippen LogP contribution in [0.4, 0.5) is 14.5 Å². The minimum absolute atomic E-state index is 0.0250. The van der Waals surface area contributed by atoms with E-state index in [4.69, 9.17) is 0 Å². The summed E-state index contributed by atoms with van der Waals surface area (Å²) < 4.78 is 30.2. The topological polar surface area (TPSA) is 230 Å². The number of unbranched alkanes of at least 4 members (excludes halogenated alkanes) is 2. The molecule has 0 saturated carbocycles. The number of aliphatic hydroxyl groups is 1. The van der Waals surface area contributed by atoms with Crippen molar-refractivity contribution in [2.75, 3.05) is 25.5 Å². The second kappa shape index (κ2) is 25.6. The van der Waals surface area contributed by atoms with Gasteiger partial charge in [0.15, 0.2) is 11.6 Å². The maximum absolute atomic E-state index is 14.1. The second-order valence-corrected chi connectivity index (χ2v) is 20.5. The number of nitrogens with one attached hydrogen (secondary N) is 4. The standard InChI is InChI=1S/C54H64F2N12O6S/c1-34-48(75-33-62-34)36-20-18-35(19-21-36)28-59-52(73)44-27-39(69)31-68(44)53(74)49(54(2,3)4)63-46(70)16-7-6-8-17-47(71)66(5)24-11-25-67-45(64-65-50(67)43-22-23-57-32-61-43)30-58-38-13-9-12-37(26-38)51(72)60-29-40-41(55)14-10-15-42(40)56/h9-10,12-15,18-23,26,32-33,39,44,49,58,69H,6-8,11,16-17,24-25,27-31H2,1-5H3,(H,59,73)(H,60,72)(H,63,70)/t39-,44?,49-/m1/s1. The van der Waals surface area contributed by atoms with Crippen LogP contribution in [0.1, 0.15) is 98.7 Å². The Labute approximate surface area is 438 Å². The van der Waals surface area contributed by atoms with E-state index in [1.807, 2.05) is 56.5 Å². The Bertz CT molecular complexity index is 2910. The number of aryl methyl sites for hydroxylation is 1. The molecule has 3 aromatic carbocycles. The van der Waals surface area contributed by atoms with Crippen LogP contribution in [-0.2, 0) is 45.4 Å². The normalized spacial score (nSPS) is 14.8. The molecule has 396 valence electrons. The Balaban J connectivity index is 0.846. The number of anilines is 1. The van der Waals surface area contributed by atoms with E-state index in [0.717, 1.165) is 33.8 Å². The van der Waals surface area contributed by atoms with Crippen LogP contribution in [0.25, 0.3) is 22.0 Å². The molecule has 0 radical (unpaired) electrons. The summed E-state index contributed by atoms with van der Waals surface area (Å²) in [5, 5.41) is 31.2. The SMILES string of the molecule is Cc1ncsc1-c1ccc(CNC(=O)C2C[C@@H](O)CN2C(=O)[C@@H](NC(=O)CCCCCC(=O)N(C)CCCn2c(CNc3cccc(C(=O)NCc4c(F)cccc4F)c3)nnc2-c2ccncn2)C(C)(C)C)cc1. The fourth-order valence-corrected chi connectivity index (χ4v) is 9.58. The zero-order valence-corrected chi connectivity index (χ0v) is 43.6. The van der Waals surface area contributed by atoms with Crippen molar-refractivity contribution < 1.29 is 37.9 Å². The molecule has 5 N–H and O–H groups in total. The van der Waals surface area contributed by atoms with E-state index in [1.54, 1.807) is 65.3 Å². The molecular formula is C54H64F2N12O6S. The molecule has 6 aromatic rings. The van der Waals surface area contributed by atoms with E-state index in [9.17, 15) is 37.9 Å². The summed E-state index contributed by atoms with van der Waals surface area (Å²) in [6.07, 6.45) is 4.86. The van der Waals surface area contributed by atoms with E-state index in [-0.39, 0.29) is 74.3 Å². The Kier molecular flexibility index (Phi) is 18.9. The number of likely N-dealkylation sites (tertiary alicyclic amines) is 1. The van der Waals surface area contributed by atoms with Crippen LogP contribution >= 0.6 is 11.3 Å². The first-order valence-corrected chi connectivity index (χ1v) is 25.9. The van der Waals surface area contributed by atoms with E-state index in [2.05, 4.69) is 46.4 Å². The van der Waals surface area contributed by atoms with Crippen LogP contribution in [0.2, 0.25) is 0 Å². The Morgan fingerprint density at radius 1 is 0.880 bits per heavy atom. The van der Waals surface area contributed by atoms with Gasteiger partial charge in [0, 0.05) is 82.0 Å². The molecule has 21 heteroatoms. The average Bonchev–Trinajstić information content (AvgIpc) is 4.14. The van der Waals surface area contributed by atoms with E-state index in [1.165, 1.54) is 17.3 Å². The zero-order chi connectivity index (χ0) is 53.6. The number of halogens is 2. The first-order chi connectivity index (χ1) is 36.0. The summed E-state index contributed by atoms with van der Waals surface area (Å²) in [4.78, 5) is 83.9. The van der Waals surface area contributed by atoms with Gasteiger partial charge in [-0.25, -0.2) is 23.7 Å². The van der Waals surface area contributed by atoms with Crippen molar-refractivity contribution in [3.63, 3.8) is 0 Å². The molecule has 1 unspecified atom stereocenters. The highest BCUT2D eigenvalue weighted by Crippen LogP contribution is 2.29. The summed E-state index contributed by atoms with van der Waals surface area (Å²) in [7, 11) is 1.74. The lowest BCUT2D eigenvalue weighted by Crippen LogP contribution is -2.57. The summed E-state index contributed by atoms with van der Waals surface area (Å²) in [5.41, 5.74) is 5.19. The van der Waals surface area contributed by atoms with Crippen LogP contribution in [-0.4, -0.2) is 112 Å². The number of thiazole rings is 1. The van der Waals surface area contributed by atoms with Gasteiger partial charge in [-0.15, -0.1) is 21.5 Å². The van der Waals surface area contributed by atoms with Crippen molar-refractivity contribution >= 4 is 46.6 Å². The second-order valence-electron chi connectivity index (χ2n) is 19.7. The molecule has 18 nitrogen and oxygen atoms in total. The van der Waals surface area contributed by atoms with Gasteiger partial charge in [-0.05, 0) is 79.1 Å². The van der Waals surface area contributed by atoms with Gasteiger partial charge in [0.25, 0.3) is 5.91 Å². The number of rotatable bonds is 23. The largest absolute Gasteiger partial charge is 0.391 e. The molecule has 0 aliphatic carbocycles. The zero-order valence-electron chi connectivity index (χ0n) is 42.8. The molecule has 5 amide bonds. The van der Waals surface area contributed by atoms with Crippen molar-refractivity contribution in [3.8, 4) is 22.0 Å². The number of hydrogen-bond donors (Lipinski definition) is 5. The van der Waals surface area contributed by atoms with Gasteiger partial charge < -0.3 is 40.7 Å². The minimum Gasteiger partial charge on any atom is -0.391 e. The van der Waals surface area contributed by atoms with Gasteiger partial charge >= 0.3 is 0 Å². The van der Waals surface area contributed by atoms with Gasteiger partial charge in [-0.2, -0.15) is 0 Å². The molecule has 7 rings (SSSR count). The van der Waals surface area contributed by atoms with Gasteiger partial charge in [0.05, 0.1) is 28.7 Å². The number of hydrogen-bond acceptors (Lipinski definition) is 13. The summed E-state index contributed by atoms with van der Waals surface area (Å²) in [6.45, 7) is 8.49. The number of benzene rings is 3. The molecular weight excluding hydrogens is 983 g/mol. The van der Waals surface area contributed by atoms with Crippen LogP contribution in [0.15, 0.2) is 90.8 Å². The number of aromatic nitrogens is 6. The average molecular weight is 1050 g/mol. The molecule has 1 aliphatic heterocycles. The first-order valence-electron chi connectivity index (χ1n) is 25.0. The maximum Gasteiger partial charge on any atom is 0.251 e. The number of aliphatic hydroxyl groups excluding tert-OH is 1. The highest BCUT2D eigenvalue weighted by Gasteiger charge is 2.44. The molecule has 1 saturated heterocycles. The monoisotopic (exact) mass is 1050 g/mol. The Morgan fingerprint density at radius 3 is 2.33 bits per heavy atom. The van der Waals surface area contributed by atoms with Crippen LogP contribution < -0.4 is 21.3 Å². The van der Waals surface area contributed by atoms with Crippen LogP contribution in [0.3, 0.4) is 0 Å². The summed E-state index contributed by atoms with van der Waals surface area (Å²) in [5.74, 6) is -2.09. The number of carbonyl (C=O) groups excluding carboxylic acids is 5. The maximum atomic E-state index is 14.1. The highest BCUT2D eigenvalue weighted by molar-refractivity contribution is 7.13. The molecule has 1 fully saturated rings. The lowest BCUT2D eigenvalue weighted by atomic mass is 9.85. The first kappa shape index (κ1) is 55.2. The number of nitrogens with zero attached hydrogens (tertiary/aromatic N) is 8. The third-order valence-electron chi connectivity index (χ3n) is 13.0. The third kappa shape index (κ3) is 14.8. The Morgan fingerprint density at radius 2 is 1.63 bits per heavy atom. The van der Waals surface area contributed by atoms with E-state index < -0.39 is 47.1 Å². The molecule has 4 heterocycles. The number of β-amino-alcohol motifs (C(OH)–C–C–N with tert-alkyl or cyclic N) is 1. The number of amides is 5. The predicted molar refractivity (Wildman–Crippen MR) is 279 cm³/mol. The molecule has 0 bridgehead atoms. The van der Waals surface area contributed by atoms with Crippen LogP contribution in [0.5, 0.6) is 0 Å². The quantitative estimate of drug-likeness (QED) is 0.0428. The van der Waals surface area contributed by atoms with Crippen molar-refractivity contribution in [1.29, 1.82) is 0 Å². The fourth-order valence-electron chi connectivity index (χ4n) is 8.77. The van der Waals surface area contributed by atoms with Crippen molar-refractivity contribution in [2.24, 2.45) is 5.41 Å². The Hall–Kier alpha value is -7.52. The molecule has 3 atom stereocenters. The van der Waals surface area contributed by atoms with Gasteiger partial charge in [0.2, 0.25) is 23.6 Å². The van der Waals surface area contributed by atoms with Gasteiger partial charge in [0.1, 0.15) is 35.7 Å². The fraction of sp³-hybridized carbons (Fsp3) is 0.407. The van der Waals surface area contributed by atoms with Gasteiger partial charge in [-0.1, -0.05) is 63.6 Å².